The Morgan fingerprint density at radius 3 is 1.79 bits per heavy atom. The molecule has 0 heterocycles. The predicted molar refractivity (Wildman–Crippen MR) is 280 cm³/mol. The van der Waals surface area contributed by atoms with E-state index in [1.807, 2.05) is 0 Å². The van der Waals surface area contributed by atoms with Crippen molar-refractivity contribution in [3.63, 3.8) is 0 Å². The largest absolute Gasteiger partial charge is 0.481 e. The van der Waals surface area contributed by atoms with E-state index in [1.165, 1.54) is 0 Å². The number of carboxylic acids is 3. The van der Waals surface area contributed by atoms with Crippen LogP contribution in [-0.4, -0.2) is 142 Å². The number of thiol groups is 1. The maximum absolute atomic E-state index is 14.1. The number of nitrogens with one attached hydrogen (secondary N) is 6. The molecular weight excluding hydrogens is 1030 g/mol. The fourth-order valence-electron chi connectivity index (χ4n) is 7.51. The number of carbonyl (C=O) groups excluding carboxylic acids is 9. The molecule has 0 aromatic heterocycles. The number of ketones is 2. The van der Waals surface area contributed by atoms with Gasteiger partial charge in [0.15, 0.2) is 17.8 Å². The molecule has 77 heavy (non-hydrogen) atoms. The molecule has 2 aromatic rings. The lowest BCUT2D eigenvalue weighted by atomic mass is 9.89. The number of ether oxygens (including phenoxy) is 2. The number of urea groups is 1. The Labute approximate surface area is 451 Å². The van der Waals surface area contributed by atoms with Gasteiger partial charge < -0.3 is 62.4 Å². The van der Waals surface area contributed by atoms with Crippen LogP contribution in [0.25, 0.3) is 0 Å². The lowest BCUT2D eigenvalue weighted by Gasteiger charge is -2.23. The Hall–Kier alpha value is -7.41. The first-order chi connectivity index (χ1) is 36.4. The van der Waals surface area contributed by atoms with Gasteiger partial charge in [0.05, 0.1) is 30.8 Å². The summed E-state index contributed by atoms with van der Waals surface area (Å²) in [6.45, 7) is 4.82. The zero-order chi connectivity index (χ0) is 57.5. The first kappa shape index (κ1) is 65.7. The highest BCUT2D eigenvalue weighted by atomic mass is 32.1. The first-order valence-corrected chi connectivity index (χ1v) is 25.7. The number of hydrogen-bond donors (Lipinski definition) is 11. The monoisotopic (exact) mass is 1100 g/mol. The number of hydrogen-bond acceptors (Lipinski definition) is 16. The maximum atomic E-state index is 14.1. The quantitative estimate of drug-likeness (QED) is 0.0150. The van der Waals surface area contributed by atoms with E-state index in [0.717, 1.165) is 5.56 Å². The molecule has 0 aliphatic rings. The number of esters is 1. The molecule has 0 saturated heterocycles. The van der Waals surface area contributed by atoms with Crippen LogP contribution >= 0.6 is 12.6 Å². The van der Waals surface area contributed by atoms with Crippen LogP contribution in [0.2, 0.25) is 0 Å². The molecule has 2 aromatic carbocycles. The summed E-state index contributed by atoms with van der Waals surface area (Å²) in [6.07, 6.45) is -1.57. The Kier molecular flexibility index (Phi) is 29.9. The molecule has 24 nitrogen and oxygen atoms in total. The standard InChI is InChI=1S/C52H73N7O17S/c1-52(2,3)76-46(67)22-21-44(75-31-60)59-51(74)58-37(50(72)73)19-20-42(63)54-23-13-5-4-12-18-43(64)56-38(25-33-16-10-7-11-17-33)40(61)26-34(24-32-14-8-6-9-15-32)47(68)55-29-36(53)48(69)57-39(28-45(65)66)41(62)27-35(30-77)49(70)71/h6-11,14-17,31,34-39,44,77H,4-5,12-13,18-30,53H2,1-3H3,(H,54,63)(H,55,68)(H,56,64)(H,57,69)(H,65,66)(H,70,71)(H,72,73)(H2,58,59,74)/t34-,35?,36+,37+,38+,39?,44-/m1/s1. The average molecular weight is 1100 g/mol. The Morgan fingerprint density at radius 1 is 0.623 bits per heavy atom. The van der Waals surface area contributed by atoms with E-state index in [2.05, 4.69) is 44.5 Å². The van der Waals surface area contributed by atoms with Crippen LogP contribution in [0.5, 0.6) is 0 Å². The number of amides is 6. The van der Waals surface area contributed by atoms with Gasteiger partial charge >= 0.3 is 29.9 Å². The SMILES string of the molecule is CC(C)(C)OC(=O)CC[C@H](NC(=O)N[C@@H](CCC(=O)NCCCCCCC(=O)N[C@@H](Cc1ccccc1)C(=O)C[C@@H](Cc1ccccc1)C(=O)NC[C@H](N)C(=O)NC(CC(=O)O)C(=O)CC(CS)C(=O)O)C(=O)O)OC=O. The van der Waals surface area contributed by atoms with Gasteiger partial charge in [-0.15, -0.1) is 0 Å². The molecule has 2 rings (SSSR count). The Balaban J connectivity index is 1.96. The fourth-order valence-corrected chi connectivity index (χ4v) is 7.79. The number of unbranched alkanes of at least 4 members (excludes halogenated alkanes) is 3. The number of aliphatic carboxylic acids is 3. The van der Waals surface area contributed by atoms with Crippen molar-refractivity contribution < 1.29 is 82.3 Å². The summed E-state index contributed by atoms with van der Waals surface area (Å²) in [5.41, 5.74) is 6.74. The van der Waals surface area contributed by atoms with Gasteiger partial charge in [-0.25, -0.2) is 9.59 Å². The van der Waals surface area contributed by atoms with Crippen molar-refractivity contribution in [3.05, 3.63) is 71.8 Å². The number of benzene rings is 2. The molecule has 0 saturated carbocycles. The van der Waals surface area contributed by atoms with Crippen LogP contribution in [0.15, 0.2) is 60.7 Å². The summed E-state index contributed by atoms with van der Waals surface area (Å²) in [5.74, 6) is -11.1. The average Bonchev–Trinajstić information content (AvgIpc) is 3.36. The van der Waals surface area contributed by atoms with E-state index >= 15 is 0 Å². The molecule has 0 bridgehead atoms. The van der Waals surface area contributed by atoms with E-state index < -0.39 is 132 Å². The first-order valence-electron chi connectivity index (χ1n) is 25.1. The van der Waals surface area contributed by atoms with Crippen LogP contribution in [0.1, 0.15) is 109 Å². The van der Waals surface area contributed by atoms with Gasteiger partial charge in [-0.3, -0.25) is 47.9 Å². The molecular formula is C52H73N7O17S. The van der Waals surface area contributed by atoms with E-state index in [-0.39, 0.29) is 70.1 Å². The zero-order valence-corrected chi connectivity index (χ0v) is 44.4. The predicted octanol–water partition coefficient (Wildman–Crippen LogP) is 1.75. The van der Waals surface area contributed by atoms with Gasteiger partial charge in [-0.2, -0.15) is 12.6 Å². The minimum atomic E-state index is -1.61. The highest BCUT2D eigenvalue weighted by Crippen LogP contribution is 2.18. The molecule has 11 N–H and O–H groups in total. The summed E-state index contributed by atoms with van der Waals surface area (Å²) < 4.78 is 9.98. The zero-order valence-electron chi connectivity index (χ0n) is 43.5. The van der Waals surface area contributed by atoms with Crippen molar-refractivity contribution in [1.29, 1.82) is 0 Å². The topological polar surface area (TPSA) is 382 Å². The maximum Gasteiger partial charge on any atom is 0.326 e. The van der Waals surface area contributed by atoms with Crippen molar-refractivity contribution in [2.45, 2.75) is 147 Å². The normalized spacial score (nSPS) is 13.8. The van der Waals surface area contributed by atoms with E-state index in [4.69, 9.17) is 15.2 Å². The summed E-state index contributed by atoms with van der Waals surface area (Å²) >= 11 is 3.92. The highest BCUT2D eigenvalue weighted by molar-refractivity contribution is 7.80. The third kappa shape index (κ3) is 28.3. The molecule has 424 valence electrons. The molecule has 0 fully saturated rings. The van der Waals surface area contributed by atoms with Crippen molar-refractivity contribution in [2.24, 2.45) is 17.6 Å². The van der Waals surface area contributed by atoms with Crippen molar-refractivity contribution in [1.82, 2.24) is 31.9 Å². The van der Waals surface area contributed by atoms with Crippen LogP contribution in [0.4, 0.5) is 4.79 Å². The number of rotatable bonds is 38. The molecule has 0 aliphatic carbocycles. The molecule has 0 aliphatic heterocycles. The van der Waals surface area contributed by atoms with Gasteiger partial charge in [0.2, 0.25) is 23.6 Å². The Bertz CT molecular complexity index is 2300. The number of Topliss-reactive ketones (excluding diaryl/α,β-unsaturated/α-hetero) is 2. The second-order valence-electron chi connectivity index (χ2n) is 19.2. The minimum Gasteiger partial charge on any atom is -0.481 e. The smallest absolute Gasteiger partial charge is 0.326 e. The third-order valence-corrected chi connectivity index (χ3v) is 12.0. The fraction of sp³-hybridized carbons (Fsp3) is 0.538. The van der Waals surface area contributed by atoms with Crippen molar-refractivity contribution in [2.75, 3.05) is 18.8 Å². The highest BCUT2D eigenvalue weighted by Gasteiger charge is 2.32. The van der Waals surface area contributed by atoms with Crippen LogP contribution in [-0.2, 0) is 75.1 Å². The molecule has 6 amide bonds. The number of carbonyl (C=O) groups is 12. The molecule has 7 atom stereocenters. The van der Waals surface area contributed by atoms with E-state index in [1.54, 1.807) is 81.4 Å². The van der Waals surface area contributed by atoms with Gasteiger partial charge in [-0.05, 0) is 64.0 Å². The third-order valence-electron chi connectivity index (χ3n) is 11.5. The van der Waals surface area contributed by atoms with Gasteiger partial charge in [0.25, 0.3) is 6.47 Å². The molecule has 25 heteroatoms. The number of nitrogens with two attached hydrogens (primary N) is 1. The van der Waals surface area contributed by atoms with E-state index in [0.29, 0.717) is 31.2 Å². The molecule has 0 radical (unpaired) electrons. The van der Waals surface area contributed by atoms with Crippen LogP contribution in [0.3, 0.4) is 0 Å². The second kappa shape index (κ2) is 35.0. The van der Waals surface area contributed by atoms with Gasteiger partial charge in [0.1, 0.15) is 17.7 Å². The summed E-state index contributed by atoms with van der Waals surface area (Å²) in [6, 6.07) is 11.1. The molecule has 0 spiro atoms. The minimum absolute atomic E-state index is 0.0516. The van der Waals surface area contributed by atoms with Crippen molar-refractivity contribution >= 4 is 84.2 Å². The summed E-state index contributed by atoms with van der Waals surface area (Å²) in [7, 11) is 0. The lowest BCUT2D eigenvalue weighted by molar-refractivity contribution is -0.156. The van der Waals surface area contributed by atoms with Gasteiger partial charge in [-0.1, -0.05) is 73.5 Å². The van der Waals surface area contributed by atoms with Crippen LogP contribution < -0.4 is 37.6 Å². The van der Waals surface area contributed by atoms with Crippen molar-refractivity contribution in [3.8, 4) is 0 Å². The molecule has 2 unspecified atom stereocenters. The summed E-state index contributed by atoms with van der Waals surface area (Å²) in [5, 5.41) is 43.1. The Morgan fingerprint density at radius 2 is 1.22 bits per heavy atom. The van der Waals surface area contributed by atoms with Gasteiger partial charge in [0, 0.05) is 56.9 Å². The van der Waals surface area contributed by atoms with E-state index in [9.17, 15) is 72.9 Å². The second-order valence-corrected chi connectivity index (χ2v) is 19.5. The lowest BCUT2D eigenvalue weighted by Crippen LogP contribution is -2.53. The number of carboxylic acid groups (broad SMARTS) is 3. The summed E-state index contributed by atoms with van der Waals surface area (Å²) in [4.78, 5) is 150. The van der Waals surface area contributed by atoms with Crippen LogP contribution in [0, 0.1) is 11.8 Å².